The second-order valence-corrected chi connectivity index (χ2v) is 7.51. The van der Waals surface area contributed by atoms with E-state index < -0.39 is 0 Å². The fourth-order valence-electron chi connectivity index (χ4n) is 4.93. The van der Waals surface area contributed by atoms with E-state index in [1.807, 2.05) is 0 Å². The average Bonchev–Trinajstić information content (AvgIpc) is 2.82. The van der Waals surface area contributed by atoms with Crippen LogP contribution in [0, 0.1) is 17.8 Å². The van der Waals surface area contributed by atoms with Gasteiger partial charge in [-0.05, 0) is 61.7 Å². The molecule has 2 aromatic rings. The van der Waals surface area contributed by atoms with Gasteiger partial charge in [0, 0.05) is 23.1 Å². The number of aromatic nitrogens is 1. The standard InChI is InChI=1S/C19H26N2/c1-12(2)18-15-11-21(3)9-8-13(15)10-17-19(18)14-6-4-5-7-16(14)20-17/h4-7,12-13,15,18,20H,8-11H2,1-3H3/t13-,15+,18?/m0/s1. The Balaban J connectivity index is 1.88. The van der Waals surface area contributed by atoms with Gasteiger partial charge >= 0.3 is 0 Å². The summed E-state index contributed by atoms with van der Waals surface area (Å²) in [5, 5.41) is 1.47. The molecule has 0 saturated carbocycles. The summed E-state index contributed by atoms with van der Waals surface area (Å²) in [4.78, 5) is 6.27. The summed E-state index contributed by atoms with van der Waals surface area (Å²) in [6.07, 6.45) is 2.62. The molecule has 0 spiro atoms. The SMILES string of the molecule is CC(C)C1c2c([nH]c3ccccc23)C[C@@H]2CCN(C)C[C@@H]12. The number of para-hydroxylation sites is 1. The van der Waals surface area contributed by atoms with Crippen LogP contribution in [0.5, 0.6) is 0 Å². The van der Waals surface area contributed by atoms with Crippen molar-refractivity contribution < 1.29 is 0 Å². The predicted octanol–water partition coefficient (Wildman–Crippen LogP) is 4.03. The van der Waals surface area contributed by atoms with Gasteiger partial charge in [0.15, 0.2) is 0 Å². The number of nitrogens with zero attached hydrogens (tertiary/aromatic N) is 1. The number of hydrogen-bond acceptors (Lipinski definition) is 1. The molecule has 2 aliphatic rings. The monoisotopic (exact) mass is 282 g/mol. The molecule has 21 heavy (non-hydrogen) atoms. The lowest BCUT2D eigenvalue weighted by atomic mass is 9.64. The zero-order valence-electron chi connectivity index (χ0n) is 13.4. The average molecular weight is 282 g/mol. The quantitative estimate of drug-likeness (QED) is 0.836. The third-order valence-electron chi connectivity index (χ3n) is 5.82. The highest BCUT2D eigenvalue weighted by Crippen LogP contribution is 2.49. The van der Waals surface area contributed by atoms with Gasteiger partial charge in [-0.15, -0.1) is 0 Å². The highest BCUT2D eigenvalue weighted by atomic mass is 15.1. The number of rotatable bonds is 1. The molecule has 1 aromatic carbocycles. The second kappa shape index (κ2) is 4.88. The Labute approximate surface area is 127 Å². The number of piperidine rings is 1. The number of benzene rings is 1. The molecule has 2 nitrogen and oxygen atoms in total. The molecule has 1 aromatic heterocycles. The summed E-state index contributed by atoms with van der Waals surface area (Å²) >= 11 is 0. The minimum Gasteiger partial charge on any atom is -0.358 e. The first kappa shape index (κ1) is 13.4. The van der Waals surface area contributed by atoms with Crippen molar-refractivity contribution in [3.63, 3.8) is 0 Å². The lowest BCUT2D eigenvalue weighted by Crippen LogP contribution is -2.45. The summed E-state index contributed by atoms with van der Waals surface area (Å²) in [5.41, 5.74) is 4.50. The summed E-state index contributed by atoms with van der Waals surface area (Å²) < 4.78 is 0. The normalized spacial score (nSPS) is 29.6. The highest BCUT2D eigenvalue weighted by molar-refractivity contribution is 5.85. The minimum absolute atomic E-state index is 0.706. The van der Waals surface area contributed by atoms with Crippen molar-refractivity contribution in [2.75, 3.05) is 20.1 Å². The number of H-pyrrole nitrogens is 1. The van der Waals surface area contributed by atoms with E-state index >= 15 is 0 Å². The van der Waals surface area contributed by atoms with Gasteiger partial charge in [0.25, 0.3) is 0 Å². The first-order valence-corrected chi connectivity index (χ1v) is 8.43. The summed E-state index contributed by atoms with van der Waals surface area (Å²) in [7, 11) is 2.29. The lowest BCUT2D eigenvalue weighted by Gasteiger charge is -2.46. The van der Waals surface area contributed by atoms with Crippen LogP contribution >= 0.6 is 0 Å². The number of hydrogen-bond donors (Lipinski definition) is 1. The number of fused-ring (bicyclic) bond motifs is 4. The van der Waals surface area contributed by atoms with Crippen molar-refractivity contribution in [1.82, 2.24) is 9.88 Å². The molecule has 2 heteroatoms. The van der Waals surface area contributed by atoms with Crippen molar-refractivity contribution in [3.05, 3.63) is 35.5 Å². The fourth-order valence-corrected chi connectivity index (χ4v) is 4.93. The Morgan fingerprint density at radius 3 is 2.86 bits per heavy atom. The van der Waals surface area contributed by atoms with Gasteiger partial charge in [0.2, 0.25) is 0 Å². The lowest BCUT2D eigenvalue weighted by molar-refractivity contribution is 0.0959. The van der Waals surface area contributed by atoms with Gasteiger partial charge < -0.3 is 9.88 Å². The van der Waals surface area contributed by atoms with E-state index in [1.165, 1.54) is 42.5 Å². The van der Waals surface area contributed by atoms with Crippen molar-refractivity contribution in [1.29, 1.82) is 0 Å². The molecule has 2 heterocycles. The van der Waals surface area contributed by atoms with Gasteiger partial charge in [-0.1, -0.05) is 32.0 Å². The third-order valence-corrected chi connectivity index (χ3v) is 5.82. The van der Waals surface area contributed by atoms with Gasteiger partial charge in [-0.25, -0.2) is 0 Å². The molecule has 1 saturated heterocycles. The number of nitrogens with one attached hydrogen (secondary N) is 1. The molecule has 1 N–H and O–H groups in total. The molecule has 112 valence electrons. The Morgan fingerprint density at radius 1 is 1.24 bits per heavy atom. The van der Waals surface area contributed by atoms with E-state index in [-0.39, 0.29) is 0 Å². The van der Waals surface area contributed by atoms with E-state index in [0.717, 1.165) is 11.8 Å². The van der Waals surface area contributed by atoms with Crippen LogP contribution in [0.15, 0.2) is 24.3 Å². The Bertz CT molecular complexity index is 655. The summed E-state index contributed by atoms with van der Waals surface area (Å²) in [5.74, 6) is 3.12. The maximum Gasteiger partial charge on any atom is 0.0459 e. The molecular weight excluding hydrogens is 256 g/mol. The van der Waals surface area contributed by atoms with Gasteiger partial charge in [0.05, 0.1) is 0 Å². The number of likely N-dealkylation sites (tertiary alicyclic amines) is 1. The van der Waals surface area contributed by atoms with Crippen LogP contribution in [0.3, 0.4) is 0 Å². The van der Waals surface area contributed by atoms with Gasteiger partial charge in [0.1, 0.15) is 0 Å². The molecular formula is C19H26N2. The number of aromatic amines is 1. The summed E-state index contributed by atoms with van der Waals surface area (Å²) in [6, 6.07) is 8.89. The second-order valence-electron chi connectivity index (χ2n) is 7.51. The summed E-state index contributed by atoms with van der Waals surface area (Å²) in [6.45, 7) is 7.36. The van der Waals surface area contributed by atoms with Crippen molar-refractivity contribution >= 4 is 10.9 Å². The van der Waals surface area contributed by atoms with E-state index in [2.05, 4.69) is 55.0 Å². The molecule has 0 bridgehead atoms. The Hall–Kier alpha value is -1.28. The molecule has 0 amide bonds. The van der Waals surface area contributed by atoms with Crippen LogP contribution in [-0.4, -0.2) is 30.0 Å². The maximum atomic E-state index is 3.73. The third kappa shape index (κ3) is 2.03. The zero-order valence-corrected chi connectivity index (χ0v) is 13.4. The molecule has 0 radical (unpaired) electrons. The molecule has 1 fully saturated rings. The van der Waals surface area contributed by atoms with Gasteiger partial charge in [-0.2, -0.15) is 0 Å². The smallest absolute Gasteiger partial charge is 0.0459 e. The fraction of sp³-hybridized carbons (Fsp3) is 0.579. The molecule has 1 aliphatic heterocycles. The first-order valence-electron chi connectivity index (χ1n) is 8.43. The molecule has 1 aliphatic carbocycles. The van der Waals surface area contributed by atoms with Gasteiger partial charge in [-0.3, -0.25) is 0 Å². The van der Waals surface area contributed by atoms with Crippen LogP contribution in [0.25, 0.3) is 10.9 Å². The largest absolute Gasteiger partial charge is 0.358 e. The predicted molar refractivity (Wildman–Crippen MR) is 88.7 cm³/mol. The first-order chi connectivity index (χ1) is 10.1. The van der Waals surface area contributed by atoms with Crippen LogP contribution in [0.1, 0.15) is 37.4 Å². The molecule has 1 unspecified atom stereocenters. The Morgan fingerprint density at radius 2 is 2.05 bits per heavy atom. The van der Waals surface area contributed by atoms with E-state index in [4.69, 9.17) is 0 Å². The zero-order chi connectivity index (χ0) is 14.6. The van der Waals surface area contributed by atoms with E-state index in [0.29, 0.717) is 11.8 Å². The van der Waals surface area contributed by atoms with Crippen LogP contribution in [0.2, 0.25) is 0 Å². The van der Waals surface area contributed by atoms with Crippen LogP contribution in [-0.2, 0) is 6.42 Å². The van der Waals surface area contributed by atoms with Crippen LogP contribution in [0.4, 0.5) is 0 Å². The topological polar surface area (TPSA) is 19.0 Å². The molecule has 3 atom stereocenters. The van der Waals surface area contributed by atoms with E-state index in [9.17, 15) is 0 Å². The van der Waals surface area contributed by atoms with E-state index in [1.54, 1.807) is 5.56 Å². The van der Waals surface area contributed by atoms with Crippen LogP contribution < -0.4 is 0 Å². The maximum absolute atomic E-state index is 3.73. The van der Waals surface area contributed by atoms with Crippen molar-refractivity contribution in [2.45, 2.75) is 32.6 Å². The highest BCUT2D eigenvalue weighted by Gasteiger charge is 2.42. The molecule has 4 rings (SSSR count). The minimum atomic E-state index is 0.706. The van der Waals surface area contributed by atoms with Crippen molar-refractivity contribution in [2.24, 2.45) is 17.8 Å². The van der Waals surface area contributed by atoms with Crippen molar-refractivity contribution in [3.8, 4) is 0 Å². The Kier molecular flexibility index (Phi) is 3.11.